The van der Waals surface area contributed by atoms with Gasteiger partial charge in [0.2, 0.25) is 0 Å². The first-order valence-electron chi connectivity index (χ1n) is 8.31. The molecule has 1 saturated heterocycles. The van der Waals surface area contributed by atoms with Crippen LogP contribution in [0.3, 0.4) is 0 Å². The van der Waals surface area contributed by atoms with E-state index in [1.165, 1.54) is 44.1 Å². The van der Waals surface area contributed by atoms with Gasteiger partial charge in [-0.2, -0.15) is 0 Å². The Morgan fingerprint density at radius 3 is 2.90 bits per heavy atom. The Labute approximate surface area is 122 Å². The van der Waals surface area contributed by atoms with Gasteiger partial charge in [-0.1, -0.05) is 31.2 Å². The van der Waals surface area contributed by atoms with Crippen molar-refractivity contribution in [3.63, 3.8) is 0 Å². The molecule has 3 atom stereocenters. The second kappa shape index (κ2) is 6.73. The molecule has 1 fully saturated rings. The van der Waals surface area contributed by atoms with Crippen LogP contribution in [0.2, 0.25) is 0 Å². The Hall–Kier alpha value is -0.860. The smallest absolute Gasteiger partial charge is 0.0576 e. The normalized spacial score (nSPS) is 29.4. The second-order valence-corrected chi connectivity index (χ2v) is 6.25. The Kier molecular flexibility index (Phi) is 4.74. The van der Waals surface area contributed by atoms with Crippen LogP contribution in [0.15, 0.2) is 24.3 Å². The zero-order valence-electron chi connectivity index (χ0n) is 12.6. The van der Waals surface area contributed by atoms with Crippen LogP contribution in [0.5, 0.6) is 0 Å². The van der Waals surface area contributed by atoms with Gasteiger partial charge >= 0.3 is 0 Å². The number of hydrogen-bond acceptors (Lipinski definition) is 2. The third kappa shape index (κ3) is 3.07. The molecule has 3 rings (SSSR count). The lowest BCUT2D eigenvalue weighted by molar-refractivity contribution is 0.0945. The first-order valence-corrected chi connectivity index (χ1v) is 8.31. The molecular weight excluding hydrogens is 246 g/mol. The summed E-state index contributed by atoms with van der Waals surface area (Å²) in [5, 5.41) is 3.73. The van der Waals surface area contributed by atoms with Crippen LogP contribution in [-0.4, -0.2) is 19.3 Å². The topological polar surface area (TPSA) is 21.3 Å². The maximum atomic E-state index is 5.79. The van der Waals surface area contributed by atoms with Crippen LogP contribution in [0, 0.1) is 5.92 Å². The molecule has 0 bridgehead atoms. The molecule has 0 aromatic heterocycles. The molecule has 0 radical (unpaired) electrons. The van der Waals surface area contributed by atoms with Crippen molar-refractivity contribution in [3.8, 4) is 0 Å². The van der Waals surface area contributed by atoms with E-state index in [2.05, 4.69) is 36.5 Å². The number of ether oxygens (including phenoxy) is 1. The summed E-state index contributed by atoms with van der Waals surface area (Å²) in [6, 6.07) is 9.53. The average Bonchev–Trinajstić information content (AvgIpc) is 3.00. The Morgan fingerprint density at radius 2 is 2.10 bits per heavy atom. The van der Waals surface area contributed by atoms with Crippen molar-refractivity contribution in [2.24, 2.45) is 5.92 Å². The summed E-state index contributed by atoms with van der Waals surface area (Å²) in [7, 11) is 0. The summed E-state index contributed by atoms with van der Waals surface area (Å²) in [5.41, 5.74) is 3.09. The van der Waals surface area contributed by atoms with Crippen LogP contribution in [0.4, 0.5) is 0 Å². The predicted molar refractivity (Wildman–Crippen MR) is 82.9 cm³/mol. The first-order chi connectivity index (χ1) is 9.88. The molecule has 0 spiro atoms. The molecule has 2 aliphatic rings. The zero-order chi connectivity index (χ0) is 13.8. The number of hydrogen-bond donors (Lipinski definition) is 1. The molecule has 1 aromatic rings. The van der Waals surface area contributed by atoms with Crippen molar-refractivity contribution in [1.29, 1.82) is 0 Å². The van der Waals surface area contributed by atoms with Gasteiger partial charge in [0, 0.05) is 12.6 Å². The third-order valence-corrected chi connectivity index (χ3v) is 4.95. The molecule has 2 nitrogen and oxygen atoms in total. The van der Waals surface area contributed by atoms with Crippen molar-refractivity contribution < 1.29 is 4.74 Å². The summed E-state index contributed by atoms with van der Waals surface area (Å²) in [5.74, 6) is 0.772. The van der Waals surface area contributed by atoms with E-state index in [1.54, 1.807) is 5.56 Å². The van der Waals surface area contributed by atoms with E-state index in [0.29, 0.717) is 12.1 Å². The van der Waals surface area contributed by atoms with Crippen molar-refractivity contribution in [2.75, 3.05) is 13.2 Å². The molecular formula is C18H27NO. The van der Waals surface area contributed by atoms with Crippen LogP contribution in [-0.2, 0) is 11.2 Å². The fraction of sp³-hybridized carbons (Fsp3) is 0.667. The lowest BCUT2D eigenvalue weighted by Gasteiger charge is -2.34. The first kappa shape index (κ1) is 14.1. The summed E-state index contributed by atoms with van der Waals surface area (Å²) in [6.45, 7) is 4.25. The zero-order valence-corrected chi connectivity index (χ0v) is 12.6. The van der Waals surface area contributed by atoms with Gasteiger partial charge in [0.15, 0.2) is 0 Å². The molecule has 20 heavy (non-hydrogen) atoms. The minimum Gasteiger partial charge on any atom is -0.378 e. The molecule has 0 amide bonds. The summed E-state index contributed by atoms with van der Waals surface area (Å²) >= 11 is 0. The van der Waals surface area contributed by atoms with Gasteiger partial charge in [-0.15, -0.1) is 0 Å². The maximum Gasteiger partial charge on any atom is 0.0576 e. The fourth-order valence-corrected chi connectivity index (χ4v) is 3.91. The quantitative estimate of drug-likeness (QED) is 0.879. The Balaban J connectivity index is 1.67. The number of aryl methyl sites for hydroxylation is 1. The van der Waals surface area contributed by atoms with Crippen LogP contribution in [0.1, 0.15) is 56.2 Å². The summed E-state index contributed by atoms with van der Waals surface area (Å²) in [6.07, 6.45) is 8.18. The highest BCUT2D eigenvalue weighted by molar-refractivity contribution is 5.33. The SMILES string of the molecule is CCNC1c2ccccc2CCC1CCC1CCCO1. The predicted octanol–water partition coefficient (Wildman–Crippen LogP) is 3.86. The minimum atomic E-state index is 0.537. The molecule has 2 heteroatoms. The maximum absolute atomic E-state index is 5.79. The average molecular weight is 273 g/mol. The van der Waals surface area contributed by atoms with E-state index in [0.717, 1.165) is 19.1 Å². The van der Waals surface area contributed by atoms with Gasteiger partial charge in [0.05, 0.1) is 6.10 Å². The molecule has 1 N–H and O–H groups in total. The highest BCUT2D eigenvalue weighted by atomic mass is 16.5. The summed E-state index contributed by atoms with van der Waals surface area (Å²) in [4.78, 5) is 0. The van der Waals surface area contributed by atoms with Crippen LogP contribution >= 0.6 is 0 Å². The van der Waals surface area contributed by atoms with E-state index < -0.39 is 0 Å². The molecule has 3 unspecified atom stereocenters. The monoisotopic (exact) mass is 273 g/mol. The third-order valence-electron chi connectivity index (χ3n) is 4.95. The van der Waals surface area contributed by atoms with Gasteiger partial charge in [0.25, 0.3) is 0 Å². The summed E-state index contributed by atoms with van der Waals surface area (Å²) < 4.78 is 5.79. The van der Waals surface area contributed by atoms with Gasteiger partial charge in [-0.3, -0.25) is 0 Å². The number of rotatable bonds is 5. The standard InChI is InChI=1S/C18H27NO/c1-2-19-18-15(11-12-16-7-5-13-20-16)10-9-14-6-3-4-8-17(14)18/h3-4,6,8,15-16,18-19H,2,5,7,9-13H2,1H3. The molecule has 1 aromatic carbocycles. The van der Waals surface area contributed by atoms with Gasteiger partial charge in [0.1, 0.15) is 0 Å². The van der Waals surface area contributed by atoms with Crippen LogP contribution < -0.4 is 5.32 Å². The van der Waals surface area contributed by atoms with Crippen molar-refractivity contribution in [3.05, 3.63) is 35.4 Å². The molecule has 1 heterocycles. The number of fused-ring (bicyclic) bond motifs is 1. The van der Waals surface area contributed by atoms with Gasteiger partial charge in [-0.25, -0.2) is 0 Å². The van der Waals surface area contributed by atoms with Gasteiger partial charge in [-0.05, 0) is 62.1 Å². The largest absolute Gasteiger partial charge is 0.378 e. The van der Waals surface area contributed by atoms with E-state index >= 15 is 0 Å². The van der Waals surface area contributed by atoms with Crippen molar-refractivity contribution in [1.82, 2.24) is 5.32 Å². The highest BCUT2D eigenvalue weighted by Crippen LogP contribution is 2.37. The molecule has 1 aliphatic heterocycles. The Bertz CT molecular complexity index is 425. The molecule has 1 aliphatic carbocycles. The van der Waals surface area contributed by atoms with Gasteiger partial charge < -0.3 is 10.1 Å². The molecule has 110 valence electrons. The second-order valence-electron chi connectivity index (χ2n) is 6.25. The van der Waals surface area contributed by atoms with Crippen molar-refractivity contribution >= 4 is 0 Å². The fourth-order valence-electron chi connectivity index (χ4n) is 3.91. The lowest BCUT2D eigenvalue weighted by Crippen LogP contribution is -2.33. The number of nitrogens with one attached hydrogen (secondary N) is 1. The van der Waals surface area contributed by atoms with E-state index in [9.17, 15) is 0 Å². The highest BCUT2D eigenvalue weighted by Gasteiger charge is 2.29. The van der Waals surface area contributed by atoms with E-state index in [-0.39, 0.29) is 0 Å². The van der Waals surface area contributed by atoms with E-state index in [1.807, 2.05) is 0 Å². The lowest BCUT2D eigenvalue weighted by atomic mass is 9.77. The van der Waals surface area contributed by atoms with Crippen molar-refractivity contribution in [2.45, 2.75) is 57.6 Å². The number of benzene rings is 1. The van der Waals surface area contributed by atoms with E-state index in [4.69, 9.17) is 4.74 Å². The minimum absolute atomic E-state index is 0.537. The van der Waals surface area contributed by atoms with Crippen LogP contribution in [0.25, 0.3) is 0 Å². The molecule has 0 saturated carbocycles. The Morgan fingerprint density at radius 1 is 1.20 bits per heavy atom.